The quantitative estimate of drug-likeness (QED) is 0.321. The fourth-order valence-corrected chi connectivity index (χ4v) is 0.286. The SMILES string of the molecule is CC(=O)[CH-]C(C)=O.[Ti]. The molecule has 2 nitrogen and oxygen atoms in total. The van der Waals surface area contributed by atoms with E-state index in [-0.39, 0.29) is 33.3 Å². The van der Waals surface area contributed by atoms with Crippen molar-refractivity contribution in [2.24, 2.45) is 0 Å². The molecule has 3 heteroatoms. The second kappa shape index (κ2) is 5.07. The molecule has 0 bridgehead atoms. The van der Waals surface area contributed by atoms with Gasteiger partial charge in [0.2, 0.25) is 0 Å². The van der Waals surface area contributed by atoms with E-state index in [1.54, 1.807) is 0 Å². The first-order chi connectivity index (χ1) is 3.13. The Morgan fingerprint density at radius 1 is 1.12 bits per heavy atom. The Labute approximate surface area is 63.5 Å². The van der Waals surface area contributed by atoms with Gasteiger partial charge in [0.15, 0.2) is 0 Å². The monoisotopic (exact) mass is 147 g/mol. The summed E-state index contributed by atoms with van der Waals surface area (Å²) < 4.78 is 0. The van der Waals surface area contributed by atoms with E-state index < -0.39 is 0 Å². The summed E-state index contributed by atoms with van der Waals surface area (Å²) in [5.41, 5.74) is 0. The third-order valence-corrected chi connectivity index (χ3v) is 0.407. The molecule has 44 valence electrons. The van der Waals surface area contributed by atoms with E-state index >= 15 is 0 Å². The van der Waals surface area contributed by atoms with Gasteiger partial charge in [-0.1, -0.05) is 0 Å². The third-order valence-electron chi connectivity index (χ3n) is 0.407. The van der Waals surface area contributed by atoms with Gasteiger partial charge in [-0.3, -0.25) is 6.42 Å². The van der Waals surface area contributed by atoms with E-state index in [1.165, 1.54) is 13.8 Å². The molecule has 0 spiro atoms. The molecule has 0 N–H and O–H groups in total. The minimum Gasteiger partial charge on any atom is -0.334 e. The molecule has 0 aliphatic carbocycles. The molecule has 0 aliphatic heterocycles. The number of ketones is 2. The molecule has 0 amide bonds. The van der Waals surface area contributed by atoms with Crippen LogP contribution < -0.4 is 0 Å². The van der Waals surface area contributed by atoms with Gasteiger partial charge in [0, 0.05) is 33.3 Å². The average molecular weight is 147 g/mol. The molecule has 0 aliphatic rings. The number of rotatable bonds is 2. The number of hydrogen-bond donors (Lipinski definition) is 0. The second-order valence-electron chi connectivity index (χ2n) is 1.37. The Hall–Kier alpha value is -0.0757. The summed E-state index contributed by atoms with van der Waals surface area (Å²) in [5.74, 6) is -0.375. The van der Waals surface area contributed by atoms with Crippen molar-refractivity contribution < 1.29 is 31.3 Å². The largest absolute Gasteiger partial charge is 0.334 e. The Kier molecular flexibility index (Phi) is 6.86. The van der Waals surface area contributed by atoms with E-state index in [0.29, 0.717) is 0 Å². The number of Topliss-reactive ketones (excluding diaryl/α,β-unsaturated/α-hetero) is 2. The van der Waals surface area contributed by atoms with Crippen LogP contribution in [0.4, 0.5) is 0 Å². The van der Waals surface area contributed by atoms with Gasteiger partial charge in [0.25, 0.3) is 0 Å². The summed E-state index contributed by atoms with van der Waals surface area (Å²) in [4.78, 5) is 20.0. The molecule has 0 aromatic rings. The van der Waals surface area contributed by atoms with Crippen LogP contribution in [0.15, 0.2) is 0 Å². The maximum atomic E-state index is 9.98. The van der Waals surface area contributed by atoms with Crippen LogP contribution in [-0.2, 0) is 31.3 Å². The number of hydrogen-bond acceptors (Lipinski definition) is 2. The van der Waals surface area contributed by atoms with Crippen molar-refractivity contribution in [3.8, 4) is 0 Å². The molecule has 0 rings (SSSR count). The summed E-state index contributed by atoms with van der Waals surface area (Å²) in [6.45, 7) is 2.70. The van der Waals surface area contributed by atoms with Crippen LogP contribution in [-0.4, -0.2) is 11.6 Å². The maximum absolute atomic E-state index is 9.98. The summed E-state index contributed by atoms with van der Waals surface area (Å²) >= 11 is 0. The zero-order valence-electron chi connectivity index (χ0n) is 4.89. The summed E-state index contributed by atoms with van der Waals surface area (Å²) in [6.07, 6.45) is 1.06. The molecule has 0 saturated carbocycles. The fraction of sp³-hybridized carbons (Fsp3) is 0.400. The van der Waals surface area contributed by atoms with Gasteiger partial charge in [-0.25, -0.2) is 0 Å². The smallest absolute Gasteiger partial charge is 0.00219 e. The van der Waals surface area contributed by atoms with E-state index in [0.717, 1.165) is 6.42 Å². The first kappa shape index (κ1) is 10.8. The Bertz CT molecular complexity index is 86.6. The van der Waals surface area contributed by atoms with Gasteiger partial charge in [0.05, 0.1) is 0 Å². The van der Waals surface area contributed by atoms with Crippen LogP contribution >= 0.6 is 0 Å². The van der Waals surface area contributed by atoms with Gasteiger partial charge < -0.3 is 9.59 Å². The molecule has 0 aromatic carbocycles. The van der Waals surface area contributed by atoms with Crippen LogP contribution in [0.3, 0.4) is 0 Å². The molecule has 0 heterocycles. The zero-order valence-corrected chi connectivity index (χ0v) is 6.46. The first-order valence-corrected chi connectivity index (χ1v) is 1.99. The van der Waals surface area contributed by atoms with Gasteiger partial charge in [-0.2, -0.15) is 0 Å². The predicted octanol–water partition coefficient (Wildman–Crippen LogP) is 0.366. The van der Waals surface area contributed by atoms with E-state index in [1.807, 2.05) is 0 Å². The van der Waals surface area contributed by atoms with E-state index in [4.69, 9.17) is 0 Å². The number of carbonyl (C=O) groups is 2. The molecular weight excluding hydrogens is 140 g/mol. The van der Waals surface area contributed by atoms with Crippen LogP contribution in [0.2, 0.25) is 0 Å². The van der Waals surface area contributed by atoms with Crippen molar-refractivity contribution in [2.75, 3.05) is 0 Å². The van der Waals surface area contributed by atoms with Gasteiger partial charge >= 0.3 is 0 Å². The second-order valence-corrected chi connectivity index (χ2v) is 1.37. The maximum Gasteiger partial charge on any atom is 0.00219 e. The standard InChI is InChI=1S/C5H7O2.Ti/c1-4(6)3-5(2)7;/h3H,1-2H3;/q-1;. The van der Waals surface area contributed by atoms with Crippen molar-refractivity contribution in [3.63, 3.8) is 0 Å². The summed E-state index contributed by atoms with van der Waals surface area (Å²) in [7, 11) is 0. The van der Waals surface area contributed by atoms with Crippen molar-refractivity contribution >= 4 is 11.6 Å². The first-order valence-electron chi connectivity index (χ1n) is 1.99. The minimum atomic E-state index is -0.187. The van der Waals surface area contributed by atoms with Crippen LogP contribution in [0.5, 0.6) is 0 Å². The molecule has 0 aromatic heterocycles. The van der Waals surface area contributed by atoms with Crippen LogP contribution in [0.1, 0.15) is 13.8 Å². The molecular formula is C5H7O2Ti-. The van der Waals surface area contributed by atoms with Crippen LogP contribution in [0, 0.1) is 6.42 Å². The summed E-state index contributed by atoms with van der Waals surface area (Å²) in [6, 6.07) is 0. The normalized spacial score (nSPS) is 6.75. The van der Waals surface area contributed by atoms with E-state index in [2.05, 4.69) is 0 Å². The van der Waals surface area contributed by atoms with Gasteiger partial charge in [0.1, 0.15) is 0 Å². The Balaban J connectivity index is 0. The van der Waals surface area contributed by atoms with E-state index in [9.17, 15) is 9.59 Å². The van der Waals surface area contributed by atoms with Crippen molar-refractivity contribution in [1.29, 1.82) is 0 Å². The summed E-state index contributed by atoms with van der Waals surface area (Å²) in [5, 5.41) is 0. The minimum absolute atomic E-state index is 0. The van der Waals surface area contributed by atoms with Crippen molar-refractivity contribution in [1.82, 2.24) is 0 Å². The predicted molar refractivity (Wildman–Crippen MR) is 25.7 cm³/mol. The molecule has 0 saturated heterocycles. The fourth-order valence-electron chi connectivity index (χ4n) is 0.286. The molecule has 0 fully saturated rings. The van der Waals surface area contributed by atoms with Gasteiger partial charge in [-0.05, 0) is 13.8 Å². The van der Waals surface area contributed by atoms with Crippen LogP contribution in [0.25, 0.3) is 0 Å². The molecule has 0 radical (unpaired) electrons. The topological polar surface area (TPSA) is 34.1 Å². The molecule has 0 unspecified atom stereocenters. The van der Waals surface area contributed by atoms with Crippen molar-refractivity contribution in [2.45, 2.75) is 13.8 Å². The zero-order chi connectivity index (χ0) is 5.86. The average Bonchev–Trinajstić information content (AvgIpc) is 1.27. The number of carbonyl (C=O) groups excluding carboxylic acids is 2. The Morgan fingerprint density at radius 2 is 1.38 bits per heavy atom. The molecule has 8 heavy (non-hydrogen) atoms. The van der Waals surface area contributed by atoms with Gasteiger partial charge in [-0.15, -0.1) is 0 Å². The third kappa shape index (κ3) is 9.33. The Morgan fingerprint density at radius 3 is 1.38 bits per heavy atom. The molecule has 0 atom stereocenters. The van der Waals surface area contributed by atoms with Crippen molar-refractivity contribution in [3.05, 3.63) is 6.42 Å².